The predicted molar refractivity (Wildman–Crippen MR) is 88.2 cm³/mol. The number of fused-ring (bicyclic) bond motifs is 1. The SMILES string of the molecule is COc1ccc2cc(CN[C@H](CC(C)C)C(=O)O)ccc2c1. The maximum Gasteiger partial charge on any atom is 0.320 e. The molecule has 0 fully saturated rings. The summed E-state index contributed by atoms with van der Waals surface area (Å²) in [6, 6.07) is 11.6. The van der Waals surface area contributed by atoms with Gasteiger partial charge in [-0.25, -0.2) is 0 Å². The quantitative estimate of drug-likeness (QED) is 0.822. The van der Waals surface area contributed by atoms with Crippen LogP contribution in [0.2, 0.25) is 0 Å². The van der Waals surface area contributed by atoms with Crippen molar-refractivity contribution in [2.75, 3.05) is 7.11 Å². The van der Waals surface area contributed by atoms with Crippen LogP contribution in [0.1, 0.15) is 25.8 Å². The second kappa shape index (κ2) is 7.27. The molecule has 0 spiro atoms. The van der Waals surface area contributed by atoms with Crippen molar-refractivity contribution in [2.24, 2.45) is 5.92 Å². The molecule has 118 valence electrons. The van der Waals surface area contributed by atoms with Gasteiger partial charge in [-0.15, -0.1) is 0 Å². The van der Waals surface area contributed by atoms with Crippen LogP contribution >= 0.6 is 0 Å². The number of aliphatic carboxylic acids is 1. The van der Waals surface area contributed by atoms with Gasteiger partial charge >= 0.3 is 5.97 Å². The summed E-state index contributed by atoms with van der Waals surface area (Å²) < 4.78 is 5.22. The third kappa shape index (κ3) is 4.21. The van der Waals surface area contributed by atoms with E-state index >= 15 is 0 Å². The molecule has 2 rings (SSSR count). The number of benzene rings is 2. The van der Waals surface area contributed by atoms with Crippen molar-refractivity contribution in [1.82, 2.24) is 5.32 Å². The molecule has 2 aromatic carbocycles. The molecular weight excluding hydrogens is 278 g/mol. The first kappa shape index (κ1) is 16.3. The van der Waals surface area contributed by atoms with E-state index in [0.29, 0.717) is 18.9 Å². The molecule has 0 aliphatic heterocycles. The molecule has 2 N–H and O–H groups in total. The molecule has 0 aliphatic carbocycles. The van der Waals surface area contributed by atoms with E-state index in [0.717, 1.165) is 22.1 Å². The van der Waals surface area contributed by atoms with E-state index in [1.807, 2.05) is 44.2 Å². The van der Waals surface area contributed by atoms with Gasteiger partial charge in [0, 0.05) is 6.54 Å². The van der Waals surface area contributed by atoms with Crippen molar-refractivity contribution in [3.8, 4) is 5.75 Å². The minimum Gasteiger partial charge on any atom is -0.497 e. The van der Waals surface area contributed by atoms with Gasteiger partial charge < -0.3 is 15.2 Å². The van der Waals surface area contributed by atoms with Crippen LogP contribution in [-0.2, 0) is 11.3 Å². The topological polar surface area (TPSA) is 58.6 Å². The lowest BCUT2D eigenvalue weighted by Gasteiger charge is -2.16. The van der Waals surface area contributed by atoms with E-state index in [1.54, 1.807) is 7.11 Å². The predicted octanol–water partition coefficient (Wildman–Crippen LogP) is 3.44. The summed E-state index contributed by atoms with van der Waals surface area (Å²) >= 11 is 0. The fourth-order valence-electron chi connectivity index (χ4n) is 2.49. The zero-order valence-electron chi connectivity index (χ0n) is 13.3. The van der Waals surface area contributed by atoms with Gasteiger partial charge in [0.2, 0.25) is 0 Å². The van der Waals surface area contributed by atoms with Gasteiger partial charge in [-0.2, -0.15) is 0 Å². The van der Waals surface area contributed by atoms with E-state index in [4.69, 9.17) is 4.74 Å². The van der Waals surface area contributed by atoms with Crippen LogP contribution in [0.25, 0.3) is 10.8 Å². The molecule has 0 aliphatic rings. The Bertz CT molecular complexity index is 652. The molecule has 0 saturated heterocycles. The highest BCUT2D eigenvalue weighted by Crippen LogP contribution is 2.22. The second-order valence-corrected chi connectivity index (χ2v) is 5.95. The summed E-state index contributed by atoms with van der Waals surface area (Å²) in [4.78, 5) is 11.3. The lowest BCUT2D eigenvalue weighted by atomic mass is 10.0. The van der Waals surface area contributed by atoms with Crippen LogP contribution in [0.5, 0.6) is 5.75 Å². The van der Waals surface area contributed by atoms with Crippen LogP contribution in [0.3, 0.4) is 0 Å². The molecule has 1 atom stereocenters. The Labute approximate surface area is 131 Å². The average molecular weight is 301 g/mol. The highest BCUT2D eigenvalue weighted by molar-refractivity contribution is 5.84. The number of carbonyl (C=O) groups is 1. The second-order valence-electron chi connectivity index (χ2n) is 5.95. The largest absolute Gasteiger partial charge is 0.497 e. The number of methoxy groups -OCH3 is 1. The highest BCUT2D eigenvalue weighted by atomic mass is 16.5. The van der Waals surface area contributed by atoms with Crippen LogP contribution in [0.15, 0.2) is 36.4 Å². The Balaban J connectivity index is 2.09. The maximum atomic E-state index is 11.3. The van der Waals surface area contributed by atoms with E-state index in [-0.39, 0.29) is 0 Å². The van der Waals surface area contributed by atoms with E-state index in [1.165, 1.54) is 0 Å². The Morgan fingerprint density at radius 3 is 2.50 bits per heavy atom. The van der Waals surface area contributed by atoms with Gasteiger partial charge in [0.25, 0.3) is 0 Å². The zero-order valence-corrected chi connectivity index (χ0v) is 13.3. The van der Waals surface area contributed by atoms with Crippen molar-refractivity contribution in [3.05, 3.63) is 42.0 Å². The number of hydrogen-bond acceptors (Lipinski definition) is 3. The van der Waals surface area contributed by atoms with Crippen molar-refractivity contribution >= 4 is 16.7 Å². The van der Waals surface area contributed by atoms with Gasteiger partial charge in [0.15, 0.2) is 0 Å². The molecule has 22 heavy (non-hydrogen) atoms. The van der Waals surface area contributed by atoms with E-state index < -0.39 is 12.0 Å². The number of carboxylic acids is 1. The molecule has 0 saturated carbocycles. The zero-order chi connectivity index (χ0) is 16.1. The summed E-state index contributed by atoms with van der Waals surface area (Å²) in [6.07, 6.45) is 0.625. The normalized spacial score (nSPS) is 12.5. The number of nitrogens with one attached hydrogen (secondary N) is 1. The number of carboxylic acid groups (broad SMARTS) is 1. The lowest BCUT2D eigenvalue weighted by molar-refractivity contribution is -0.140. The minimum absolute atomic E-state index is 0.345. The summed E-state index contributed by atoms with van der Waals surface area (Å²) in [5, 5.41) is 14.6. The summed E-state index contributed by atoms with van der Waals surface area (Å²) in [5.41, 5.74) is 1.08. The maximum absolute atomic E-state index is 11.3. The molecule has 0 aromatic heterocycles. The van der Waals surface area contributed by atoms with E-state index in [9.17, 15) is 9.90 Å². The molecule has 4 nitrogen and oxygen atoms in total. The van der Waals surface area contributed by atoms with Crippen LogP contribution in [0, 0.1) is 5.92 Å². The van der Waals surface area contributed by atoms with Gasteiger partial charge in [0.1, 0.15) is 11.8 Å². The first-order chi connectivity index (χ1) is 10.5. The molecule has 0 heterocycles. The molecule has 0 unspecified atom stereocenters. The van der Waals surface area contributed by atoms with Crippen LogP contribution < -0.4 is 10.1 Å². The Kier molecular flexibility index (Phi) is 5.39. The number of rotatable bonds is 7. The Hall–Kier alpha value is -2.07. The van der Waals surface area contributed by atoms with Gasteiger partial charge in [-0.3, -0.25) is 4.79 Å². The monoisotopic (exact) mass is 301 g/mol. The van der Waals surface area contributed by atoms with Crippen molar-refractivity contribution in [2.45, 2.75) is 32.9 Å². The smallest absolute Gasteiger partial charge is 0.320 e. The number of ether oxygens (including phenoxy) is 1. The lowest BCUT2D eigenvalue weighted by Crippen LogP contribution is -2.37. The minimum atomic E-state index is -0.792. The Morgan fingerprint density at radius 1 is 1.18 bits per heavy atom. The van der Waals surface area contributed by atoms with Gasteiger partial charge in [0.05, 0.1) is 7.11 Å². The molecule has 0 bridgehead atoms. The number of hydrogen-bond donors (Lipinski definition) is 2. The first-order valence-electron chi connectivity index (χ1n) is 7.52. The van der Waals surface area contributed by atoms with Crippen molar-refractivity contribution in [1.29, 1.82) is 0 Å². The fraction of sp³-hybridized carbons (Fsp3) is 0.389. The Morgan fingerprint density at radius 2 is 1.86 bits per heavy atom. The van der Waals surface area contributed by atoms with Crippen LogP contribution in [0.4, 0.5) is 0 Å². The third-order valence-corrected chi connectivity index (χ3v) is 3.67. The molecule has 4 heteroatoms. The van der Waals surface area contributed by atoms with E-state index in [2.05, 4.69) is 11.4 Å². The first-order valence-corrected chi connectivity index (χ1v) is 7.52. The highest BCUT2D eigenvalue weighted by Gasteiger charge is 2.17. The molecule has 2 aromatic rings. The fourth-order valence-corrected chi connectivity index (χ4v) is 2.49. The molecular formula is C18H23NO3. The average Bonchev–Trinajstić information content (AvgIpc) is 2.50. The van der Waals surface area contributed by atoms with Crippen molar-refractivity contribution in [3.63, 3.8) is 0 Å². The van der Waals surface area contributed by atoms with Crippen LogP contribution in [-0.4, -0.2) is 24.2 Å². The molecule has 0 amide bonds. The van der Waals surface area contributed by atoms with Crippen molar-refractivity contribution < 1.29 is 14.6 Å². The van der Waals surface area contributed by atoms with Gasteiger partial charge in [-0.1, -0.05) is 32.0 Å². The summed E-state index contributed by atoms with van der Waals surface area (Å²) in [7, 11) is 1.65. The van der Waals surface area contributed by atoms with Gasteiger partial charge in [-0.05, 0) is 46.9 Å². The molecule has 0 radical (unpaired) electrons. The third-order valence-electron chi connectivity index (χ3n) is 3.67. The summed E-state index contributed by atoms with van der Waals surface area (Å²) in [5.74, 6) is 0.387. The summed E-state index contributed by atoms with van der Waals surface area (Å²) in [6.45, 7) is 4.60. The standard InChI is InChI=1S/C18H23NO3/c1-12(2)8-17(18(20)21)19-11-13-4-5-15-10-16(22-3)7-6-14(15)9-13/h4-7,9-10,12,17,19H,8,11H2,1-3H3,(H,20,21)/t17-/m1/s1.